The van der Waals surface area contributed by atoms with Gasteiger partial charge < -0.3 is 25.5 Å². The first-order valence-electron chi connectivity index (χ1n) is 14.9. The molecule has 2 saturated heterocycles. The van der Waals surface area contributed by atoms with E-state index in [1.54, 1.807) is 36.0 Å². The van der Waals surface area contributed by atoms with Crippen LogP contribution >= 0.6 is 0 Å². The van der Waals surface area contributed by atoms with Crippen molar-refractivity contribution in [1.29, 1.82) is 0 Å². The van der Waals surface area contributed by atoms with Crippen LogP contribution in [0, 0.1) is 11.2 Å². The van der Waals surface area contributed by atoms with Crippen LogP contribution in [0.15, 0.2) is 42.7 Å². The highest BCUT2D eigenvalue weighted by Crippen LogP contribution is 2.46. The summed E-state index contributed by atoms with van der Waals surface area (Å²) < 4.78 is 15.6. The highest BCUT2D eigenvalue weighted by molar-refractivity contribution is 6.04. The first kappa shape index (κ1) is 28.4. The number of aliphatic hydroxyl groups is 2. The topological polar surface area (TPSA) is 153 Å². The highest BCUT2D eigenvalue weighted by atomic mass is 19.1. The zero-order valence-corrected chi connectivity index (χ0v) is 24.2. The van der Waals surface area contributed by atoms with Crippen molar-refractivity contribution < 1.29 is 29.3 Å². The number of aliphatic hydroxyl groups excluding tert-OH is 2. The molecule has 6 heterocycles. The minimum absolute atomic E-state index is 0.00587. The number of hydrogen-bond donors (Lipinski definition) is 4. The van der Waals surface area contributed by atoms with Crippen LogP contribution in [0.5, 0.6) is 5.75 Å². The van der Waals surface area contributed by atoms with Gasteiger partial charge in [-0.1, -0.05) is 6.07 Å². The molecule has 1 amide bonds. The maximum absolute atomic E-state index is 13.9. The molecule has 7 rings (SSSR count). The quantitative estimate of drug-likeness (QED) is 0.260. The molecule has 0 spiro atoms. The standard InChI is InChI=1S/C32H33FN6O5/c1-32(15-40,16-41)31(44)38-20-4-5-21(38)11-19(10-20)28-27-26(43)8-9-34-30(27)39-29(37-28)22(14-36-39)18-2-6-24(35-13-18)17-3-7-25(42)23(33)12-17/h2-3,6-7,12-14,19-21,34,40-42H,4-5,8-11,15-16H2,1H3. The number of carbonyl (C=O) groups is 2. The van der Waals surface area contributed by atoms with Crippen molar-refractivity contribution in [3.63, 3.8) is 0 Å². The lowest BCUT2D eigenvalue weighted by atomic mass is 9.82. The molecule has 0 saturated carbocycles. The summed E-state index contributed by atoms with van der Waals surface area (Å²) in [6.07, 6.45) is 6.59. The number of amides is 1. The van der Waals surface area contributed by atoms with Crippen LogP contribution in [0.3, 0.4) is 0 Å². The van der Waals surface area contributed by atoms with E-state index in [9.17, 15) is 29.3 Å². The predicted molar refractivity (Wildman–Crippen MR) is 159 cm³/mol. The fourth-order valence-corrected chi connectivity index (χ4v) is 6.99. The van der Waals surface area contributed by atoms with Crippen LogP contribution in [0.1, 0.15) is 61.0 Å². The van der Waals surface area contributed by atoms with Crippen LogP contribution < -0.4 is 5.32 Å². The summed E-state index contributed by atoms with van der Waals surface area (Å²) in [4.78, 5) is 38.3. The Kier molecular flexibility index (Phi) is 6.85. The average Bonchev–Trinajstić information content (AvgIpc) is 3.59. The van der Waals surface area contributed by atoms with Gasteiger partial charge in [-0.05, 0) is 56.9 Å². The molecule has 0 radical (unpaired) electrons. The first-order valence-corrected chi connectivity index (χ1v) is 14.9. The molecule has 44 heavy (non-hydrogen) atoms. The molecule has 2 atom stereocenters. The number of phenols is 1. The van der Waals surface area contributed by atoms with Gasteiger partial charge in [-0.25, -0.2) is 9.37 Å². The molecule has 2 bridgehead atoms. The summed E-state index contributed by atoms with van der Waals surface area (Å²) >= 11 is 0. The lowest BCUT2D eigenvalue weighted by Crippen LogP contribution is -2.54. The van der Waals surface area contributed by atoms with Crippen molar-refractivity contribution in [3.8, 4) is 28.1 Å². The number of pyridine rings is 1. The molecule has 228 valence electrons. The number of phenolic OH excluding ortho intramolecular Hbond substituents is 1. The van der Waals surface area contributed by atoms with Crippen LogP contribution in [-0.4, -0.2) is 83.3 Å². The fraction of sp³-hybridized carbons (Fsp3) is 0.406. The van der Waals surface area contributed by atoms with Crippen LogP contribution in [-0.2, 0) is 4.79 Å². The Bertz CT molecular complexity index is 1770. The van der Waals surface area contributed by atoms with Crippen molar-refractivity contribution in [3.05, 3.63) is 59.8 Å². The number of nitrogens with one attached hydrogen (secondary N) is 1. The molecule has 11 nitrogen and oxygen atoms in total. The largest absolute Gasteiger partial charge is 0.505 e. The van der Waals surface area contributed by atoms with Crippen LogP contribution in [0.25, 0.3) is 28.0 Å². The van der Waals surface area contributed by atoms with Gasteiger partial charge in [0.05, 0.1) is 41.8 Å². The van der Waals surface area contributed by atoms with Gasteiger partial charge in [0.15, 0.2) is 23.0 Å². The molecule has 12 heteroatoms. The first-order chi connectivity index (χ1) is 21.2. The summed E-state index contributed by atoms with van der Waals surface area (Å²) in [6, 6.07) is 7.59. The van der Waals surface area contributed by atoms with E-state index in [-0.39, 0.29) is 29.7 Å². The van der Waals surface area contributed by atoms with Crippen molar-refractivity contribution >= 4 is 23.2 Å². The summed E-state index contributed by atoms with van der Waals surface area (Å²) in [5, 5.41) is 37.2. The van der Waals surface area contributed by atoms with E-state index in [2.05, 4.69) is 15.4 Å². The number of Topliss-reactive ketones (excluding diaryl/α,β-unsaturated/α-hetero) is 1. The molecule has 3 aromatic heterocycles. The molecule has 4 aromatic rings. The van der Waals surface area contributed by atoms with Crippen molar-refractivity contribution in [1.82, 2.24) is 24.5 Å². The summed E-state index contributed by atoms with van der Waals surface area (Å²) in [5.74, 6) is -0.837. The second kappa shape index (κ2) is 10.6. The number of rotatable bonds is 6. The highest BCUT2D eigenvalue weighted by Gasteiger charge is 2.49. The third-order valence-electron chi connectivity index (χ3n) is 9.48. The molecular formula is C32H33FN6O5. The van der Waals surface area contributed by atoms with E-state index >= 15 is 0 Å². The average molecular weight is 601 g/mol. The van der Waals surface area contributed by atoms with E-state index in [1.165, 1.54) is 12.1 Å². The molecular weight excluding hydrogens is 567 g/mol. The normalized spacial score (nSPS) is 21.4. The Morgan fingerprint density at radius 3 is 2.48 bits per heavy atom. The Hall–Kier alpha value is -4.42. The Labute approximate surface area is 252 Å². The van der Waals surface area contributed by atoms with Gasteiger partial charge >= 0.3 is 0 Å². The van der Waals surface area contributed by atoms with Gasteiger partial charge in [-0.15, -0.1) is 0 Å². The fourth-order valence-electron chi connectivity index (χ4n) is 6.99. The van der Waals surface area contributed by atoms with E-state index < -0.39 is 30.2 Å². The number of benzene rings is 1. The summed E-state index contributed by atoms with van der Waals surface area (Å²) in [7, 11) is 0. The third-order valence-corrected chi connectivity index (χ3v) is 9.48. The summed E-state index contributed by atoms with van der Waals surface area (Å²) in [5.41, 5.74) is 3.12. The van der Waals surface area contributed by atoms with E-state index in [0.29, 0.717) is 59.8 Å². The van der Waals surface area contributed by atoms with E-state index in [4.69, 9.17) is 4.98 Å². The van der Waals surface area contributed by atoms with Crippen molar-refractivity contribution in [2.75, 3.05) is 25.1 Å². The zero-order valence-electron chi connectivity index (χ0n) is 24.2. The molecule has 3 aliphatic rings. The molecule has 1 aromatic carbocycles. The number of fused-ring (bicyclic) bond motifs is 5. The molecule has 0 aliphatic carbocycles. The lowest BCUT2D eigenvalue weighted by molar-refractivity contribution is -0.151. The number of anilines is 1. The van der Waals surface area contributed by atoms with Gasteiger partial charge in [0.2, 0.25) is 5.91 Å². The van der Waals surface area contributed by atoms with E-state index in [0.717, 1.165) is 24.0 Å². The van der Waals surface area contributed by atoms with Crippen molar-refractivity contribution in [2.24, 2.45) is 5.41 Å². The maximum Gasteiger partial charge on any atom is 0.233 e. The summed E-state index contributed by atoms with van der Waals surface area (Å²) in [6.45, 7) is 1.21. The monoisotopic (exact) mass is 600 g/mol. The molecule has 2 fully saturated rings. The van der Waals surface area contributed by atoms with Gasteiger partial charge in [0.1, 0.15) is 5.82 Å². The zero-order chi connectivity index (χ0) is 30.7. The van der Waals surface area contributed by atoms with Gasteiger partial charge in [-0.2, -0.15) is 9.61 Å². The number of ketones is 1. The SMILES string of the molecule is CC(CO)(CO)C(=O)N1C2CCC1CC(c1nc3c(-c4ccc(-c5ccc(O)c(F)c5)nc4)cnn3c3c1C(=O)CCN3)C2. The Balaban J connectivity index is 1.26. The smallest absolute Gasteiger partial charge is 0.233 e. The number of hydrogen-bond acceptors (Lipinski definition) is 9. The number of aromatic hydroxyl groups is 1. The Morgan fingerprint density at radius 1 is 1.09 bits per heavy atom. The van der Waals surface area contributed by atoms with Crippen LogP contribution in [0.4, 0.5) is 10.2 Å². The second-order valence-electron chi connectivity index (χ2n) is 12.4. The van der Waals surface area contributed by atoms with E-state index in [1.807, 2.05) is 11.0 Å². The number of halogens is 1. The lowest BCUT2D eigenvalue weighted by Gasteiger charge is -2.43. The second-order valence-corrected chi connectivity index (χ2v) is 12.4. The van der Waals surface area contributed by atoms with Crippen LogP contribution in [0.2, 0.25) is 0 Å². The maximum atomic E-state index is 13.9. The minimum atomic E-state index is -1.24. The Morgan fingerprint density at radius 2 is 1.82 bits per heavy atom. The number of nitrogens with zero attached hydrogens (tertiary/aromatic N) is 5. The number of carbonyl (C=O) groups excluding carboxylic acids is 2. The third kappa shape index (κ3) is 4.43. The minimum Gasteiger partial charge on any atom is -0.505 e. The number of aromatic nitrogens is 4. The molecule has 4 N–H and O–H groups in total. The molecule has 3 aliphatic heterocycles. The van der Waals surface area contributed by atoms with Gasteiger partial charge in [0, 0.05) is 53.9 Å². The predicted octanol–water partition coefficient (Wildman–Crippen LogP) is 3.53. The number of piperidine rings is 1. The molecule has 2 unspecified atom stereocenters. The van der Waals surface area contributed by atoms with Gasteiger partial charge in [-0.3, -0.25) is 14.6 Å². The van der Waals surface area contributed by atoms with Crippen molar-refractivity contribution in [2.45, 2.75) is 57.0 Å². The van der Waals surface area contributed by atoms with Gasteiger partial charge in [0.25, 0.3) is 0 Å².